The fourth-order valence-corrected chi connectivity index (χ4v) is 0.753. The molecule has 0 aromatic rings. The number of rotatable bonds is 9. The molecule has 0 saturated heterocycles. The first kappa shape index (κ1) is 13.4. The summed E-state index contributed by atoms with van der Waals surface area (Å²) in [6.45, 7) is 4.66. The summed E-state index contributed by atoms with van der Waals surface area (Å²) < 4.78 is 14.9. The van der Waals surface area contributed by atoms with Gasteiger partial charge in [-0.2, -0.15) is 0 Å². The van der Waals surface area contributed by atoms with Crippen molar-refractivity contribution in [2.75, 3.05) is 46.7 Å². The van der Waals surface area contributed by atoms with E-state index in [0.717, 1.165) is 0 Å². The van der Waals surface area contributed by atoms with Crippen molar-refractivity contribution in [3.8, 4) is 0 Å². The Kier molecular flexibility index (Phi) is 9.95. The first-order chi connectivity index (χ1) is 6.81. The smallest absolute Gasteiger partial charge is 0.246 e. The van der Waals surface area contributed by atoms with Crippen LogP contribution in [0.3, 0.4) is 0 Å². The van der Waals surface area contributed by atoms with E-state index >= 15 is 0 Å². The summed E-state index contributed by atoms with van der Waals surface area (Å²) >= 11 is 0. The summed E-state index contributed by atoms with van der Waals surface area (Å²) in [5, 5.41) is 2.66. The maximum atomic E-state index is 11.0. The van der Waals surface area contributed by atoms with Gasteiger partial charge in [-0.25, -0.2) is 0 Å². The molecule has 1 N–H and O–H groups in total. The number of amides is 1. The van der Waals surface area contributed by atoms with E-state index in [2.05, 4.69) is 5.32 Å². The van der Waals surface area contributed by atoms with E-state index in [1.54, 1.807) is 7.11 Å². The van der Waals surface area contributed by atoms with Crippen LogP contribution in [-0.4, -0.2) is 52.6 Å². The highest BCUT2D eigenvalue weighted by Gasteiger charge is 1.98. The summed E-state index contributed by atoms with van der Waals surface area (Å²) in [4.78, 5) is 11.0. The van der Waals surface area contributed by atoms with Crippen LogP contribution in [-0.2, 0) is 19.0 Å². The largest absolute Gasteiger partial charge is 0.382 e. The first-order valence-corrected chi connectivity index (χ1v) is 4.72. The van der Waals surface area contributed by atoms with Crippen molar-refractivity contribution in [2.24, 2.45) is 0 Å². The number of hydrogen-bond donors (Lipinski definition) is 1. The van der Waals surface area contributed by atoms with E-state index in [0.29, 0.717) is 33.0 Å². The molecule has 0 radical (unpaired) electrons. The Balaban J connectivity index is 3.07. The molecule has 0 spiro atoms. The van der Waals surface area contributed by atoms with Gasteiger partial charge in [-0.1, -0.05) is 0 Å². The highest BCUT2D eigenvalue weighted by molar-refractivity contribution is 5.77. The zero-order chi connectivity index (χ0) is 10.6. The highest BCUT2D eigenvalue weighted by Crippen LogP contribution is 1.76. The van der Waals surface area contributed by atoms with Crippen molar-refractivity contribution >= 4 is 5.91 Å². The van der Waals surface area contributed by atoms with Gasteiger partial charge in [-0.05, 0) is 6.92 Å². The molecule has 1 amide bonds. The Morgan fingerprint density at radius 1 is 1.21 bits per heavy atom. The third-order valence-corrected chi connectivity index (χ3v) is 1.44. The van der Waals surface area contributed by atoms with E-state index in [9.17, 15) is 4.79 Å². The third-order valence-electron chi connectivity index (χ3n) is 1.44. The molecule has 0 aliphatic rings. The first-order valence-electron chi connectivity index (χ1n) is 4.72. The van der Waals surface area contributed by atoms with Crippen LogP contribution in [0, 0.1) is 0 Å². The number of hydrogen-bond acceptors (Lipinski definition) is 4. The third kappa shape index (κ3) is 9.44. The molecular formula is C9H19NO4. The Hall–Kier alpha value is -0.650. The second kappa shape index (κ2) is 10.4. The van der Waals surface area contributed by atoms with Gasteiger partial charge in [0.05, 0.1) is 19.8 Å². The van der Waals surface area contributed by atoms with E-state index < -0.39 is 0 Å². The van der Waals surface area contributed by atoms with Gasteiger partial charge in [0.2, 0.25) is 5.91 Å². The molecule has 84 valence electrons. The predicted molar refractivity (Wildman–Crippen MR) is 52.2 cm³/mol. The van der Waals surface area contributed by atoms with Gasteiger partial charge >= 0.3 is 0 Å². The number of ether oxygens (including phenoxy) is 3. The van der Waals surface area contributed by atoms with Gasteiger partial charge in [0.25, 0.3) is 0 Å². The minimum Gasteiger partial charge on any atom is -0.382 e. The summed E-state index contributed by atoms with van der Waals surface area (Å²) in [6, 6.07) is 0. The van der Waals surface area contributed by atoms with Crippen LogP contribution in [0.2, 0.25) is 0 Å². The molecule has 5 nitrogen and oxygen atoms in total. The Morgan fingerprint density at radius 3 is 2.64 bits per heavy atom. The molecule has 0 saturated carbocycles. The average molecular weight is 205 g/mol. The van der Waals surface area contributed by atoms with Gasteiger partial charge < -0.3 is 19.5 Å². The number of carbonyl (C=O) groups excluding carboxylic acids is 1. The summed E-state index contributed by atoms with van der Waals surface area (Å²) in [6.07, 6.45) is 0. The molecule has 0 aromatic carbocycles. The van der Waals surface area contributed by atoms with Gasteiger partial charge in [0, 0.05) is 20.3 Å². The zero-order valence-corrected chi connectivity index (χ0v) is 8.88. The lowest BCUT2D eigenvalue weighted by Crippen LogP contribution is -2.30. The van der Waals surface area contributed by atoms with E-state index in [-0.39, 0.29) is 12.5 Å². The van der Waals surface area contributed by atoms with Crippen LogP contribution in [0.15, 0.2) is 0 Å². The Labute approximate surface area is 84.7 Å². The van der Waals surface area contributed by atoms with Crippen molar-refractivity contribution in [1.82, 2.24) is 5.32 Å². The fraction of sp³-hybridized carbons (Fsp3) is 0.889. The van der Waals surface area contributed by atoms with Gasteiger partial charge in [0.1, 0.15) is 6.61 Å². The molecule has 0 unspecified atom stereocenters. The average Bonchev–Trinajstić information content (AvgIpc) is 2.20. The van der Waals surface area contributed by atoms with Crippen molar-refractivity contribution in [3.05, 3.63) is 0 Å². The van der Waals surface area contributed by atoms with E-state index in [4.69, 9.17) is 14.2 Å². The van der Waals surface area contributed by atoms with Gasteiger partial charge in [-0.15, -0.1) is 0 Å². The van der Waals surface area contributed by atoms with Crippen LogP contribution in [0.4, 0.5) is 0 Å². The monoisotopic (exact) mass is 205 g/mol. The number of methoxy groups -OCH3 is 1. The maximum Gasteiger partial charge on any atom is 0.246 e. The van der Waals surface area contributed by atoms with Gasteiger partial charge in [-0.3, -0.25) is 4.79 Å². The highest BCUT2D eigenvalue weighted by atomic mass is 16.5. The van der Waals surface area contributed by atoms with Crippen molar-refractivity contribution in [2.45, 2.75) is 6.92 Å². The maximum absolute atomic E-state index is 11.0. The molecule has 0 rings (SSSR count). The standard InChI is InChI=1S/C9H19NO4/c1-3-13-8-9(11)10-4-5-14-7-6-12-2/h3-8H2,1-2H3,(H,10,11). The van der Waals surface area contributed by atoms with Crippen molar-refractivity contribution in [3.63, 3.8) is 0 Å². The van der Waals surface area contributed by atoms with E-state index in [1.165, 1.54) is 0 Å². The minimum atomic E-state index is -0.109. The lowest BCUT2D eigenvalue weighted by molar-refractivity contribution is -0.125. The number of carbonyl (C=O) groups is 1. The zero-order valence-electron chi connectivity index (χ0n) is 8.88. The molecule has 14 heavy (non-hydrogen) atoms. The second-order valence-electron chi connectivity index (χ2n) is 2.59. The molecule has 0 bridgehead atoms. The summed E-state index contributed by atoms with van der Waals surface area (Å²) in [7, 11) is 1.62. The molecular weight excluding hydrogens is 186 g/mol. The molecule has 0 aromatic heterocycles. The molecule has 0 aliphatic heterocycles. The van der Waals surface area contributed by atoms with Crippen molar-refractivity contribution in [1.29, 1.82) is 0 Å². The van der Waals surface area contributed by atoms with E-state index in [1.807, 2.05) is 6.92 Å². The van der Waals surface area contributed by atoms with Crippen LogP contribution in [0.5, 0.6) is 0 Å². The SMILES string of the molecule is CCOCC(=O)NCCOCCOC. The van der Waals surface area contributed by atoms with Crippen LogP contribution < -0.4 is 5.32 Å². The summed E-state index contributed by atoms with van der Waals surface area (Å²) in [5.74, 6) is -0.109. The van der Waals surface area contributed by atoms with Crippen LogP contribution in [0.1, 0.15) is 6.92 Å². The molecule has 0 fully saturated rings. The summed E-state index contributed by atoms with van der Waals surface area (Å²) in [5.41, 5.74) is 0. The second-order valence-corrected chi connectivity index (χ2v) is 2.59. The van der Waals surface area contributed by atoms with Gasteiger partial charge in [0.15, 0.2) is 0 Å². The minimum absolute atomic E-state index is 0.109. The van der Waals surface area contributed by atoms with Crippen molar-refractivity contribution < 1.29 is 19.0 Å². The predicted octanol–water partition coefficient (Wildman–Crippen LogP) is -0.198. The lowest BCUT2D eigenvalue weighted by Gasteiger charge is -2.05. The van der Waals surface area contributed by atoms with Crippen LogP contribution in [0.25, 0.3) is 0 Å². The number of nitrogens with one attached hydrogen (secondary N) is 1. The molecule has 0 heterocycles. The normalized spacial score (nSPS) is 10.1. The Bertz CT molecular complexity index is 141. The molecule has 0 aliphatic carbocycles. The quantitative estimate of drug-likeness (QED) is 0.530. The Morgan fingerprint density at radius 2 is 2.00 bits per heavy atom. The van der Waals surface area contributed by atoms with Crippen LogP contribution >= 0.6 is 0 Å². The fourth-order valence-electron chi connectivity index (χ4n) is 0.753. The lowest BCUT2D eigenvalue weighted by atomic mass is 10.6. The molecule has 0 atom stereocenters. The topological polar surface area (TPSA) is 56.8 Å². The molecule has 5 heteroatoms.